The minimum atomic E-state index is -0.984. The van der Waals surface area contributed by atoms with Crippen LogP contribution in [-0.2, 0) is 7.05 Å². The van der Waals surface area contributed by atoms with Gasteiger partial charge in [0.15, 0.2) is 0 Å². The van der Waals surface area contributed by atoms with E-state index in [-0.39, 0.29) is 5.56 Å². The number of fused-ring (bicyclic) bond motifs is 1. The topological polar surface area (TPSA) is 87.7 Å². The Kier molecular flexibility index (Phi) is 2.55. The molecule has 0 saturated carbocycles. The molecule has 0 unspecified atom stereocenters. The Hall–Kier alpha value is -2.37. The summed E-state index contributed by atoms with van der Waals surface area (Å²) >= 11 is 0. The van der Waals surface area contributed by atoms with Gasteiger partial charge in [0.05, 0.1) is 11.1 Å². The van der Waals surface area contributed by atoms with Crippen LogP contribution >= 0.6 is 0 Å². The van der Waals surface area contributed by atoms with Gasteiger partial charge in [0.1, 0.15) is 11.4 Å². The van der Waals surface area contributed by atoms with Crippen molar-refractivity contribution < 1.29 is 15.1 Å². The maximum Gasteiger partial charge on any atom is 0.335 e. The highest BCUT2D eigenvalue weighted by Gasteiger charge is 2.13. The Morgan fingerprint density at radius 3 is 2.76 bits per heavy atom. The molecule has 0 radical (unpaired) electrons. The summed E-state index contributed by atoms with van der Waals surface area (Å²) in [6, 6.07) is 4.70. The number of aryl methyl sites for hydroxylation is 1. The zero-order chi connectivity index (χ0) is 12.6. The van der Waals surface area contributed by atoms with Crippen LogP contribution in [0.4, 0.5) is 0 Å². The van der Waals surface area contributed by atoms with Gasteiger partial charge in [0.25, 0.3) is 0 Å². The molecule has 17 heavy (non-hydrogen) atoms. The number of nitrogens with zero attached hydrogens (tertiary/aromatic N) is 3. The van der Waals surface area contributed by atoms with Crippen LogP contribution in [0.5, 0.6) is 0 Å². The van der Waals surface area contributed by atoms with E-state index in [0.29, 0.717) is 16.9 Å². The third-order valence-electron chi connectivity index (χ3n) is 2.59. The first-order valence-corrected chi connectivity index (χ1v) is 4.93. The molecule has 0 spiro atoms. The minimum Gasteiger partial charge on any atom is -0.478 e. The van der Waals surface area contributed by atoms with Crippen LogP contribution < -0.4 is 0 Å². The molecule has 0 fully saturated rings. The van der Waals surface area contributed by atoms with Gasteiger partial charge in [0, 0.05) is 12.4 Å². The SMILES string of the molecule is C/C(=N/O)c1nn(C)c2cc(C(=O)O)ccc12. The average Bonchev–Trinajstić information content (AvgIpc) is 2.65. The Balaban J connectivity index is 2.74. The molecule has 2 N–H and O–H groups in total. The van der Waals surface area contributed by atoms with Crippen molar-refractivity contribution in [3.8, 4) is 0 Å². The van der Waals surface area contributed by atoms with Crippen LogP contribution in [0.15, 0.2) is 23.4 Å². The van der Waals surface area contributed by atoms with Gasteiger partial charge in [-0.2, -0.15) is 5.10 Å². The fourth-order valence-corrected chi connectivity index (χ4v) is 1.71. The lowest BCUT2D eigenvalue weighted by Crippen LogP contribution is -1.97. The molecule has 0 aliphatic rings. The molecule has 88 valence electrons. The van der Waals surface area contributed by atoms with Crippen molar-refractivity contribution in [1.82, 2.24) is 9.78 Å². The van der Waals surface area contributed by atoms with Crippen molar-refractivity contribution in [2.75, 3.05) is 0 Å². The Morgan fingerprint density at radius 1 is 1.47 bits per heavy atom. The fourth-order valence-electron chi connectivity index (χ4n) is 1.71. The lowest BCUT2D eigenvalue weighted by molar-refractivity contribution is 0.0697. The smallest absolute Gasteiger partial charge is 0.335 e. The summed E-state index contributed by atoms with van der Waals surface area (Å²) in [4.78, 5) is 10.9. The molecule has 0 aliphatic heterocycles. The zero-order valence-electron chi connectivity index (χ0n) is 9.38. The van der Waals surface area contributed by atoms with Crippen LogP contribution in [0.25, 0.3) is 10.9 Å². The number of carboxylic acids is 1. The zero-order valence-corrected chi connectivity index (χ0v) is 9.38. The predicted octanol–water partition coefficient (Wildman–Crippen LogP) is 1.47. The van der Waals surface area contributed by atoms with Crippen molar-refractivity contribution >= 4 is 22.6 Å². The highest BCUT2D eigenvalue weighted by atomic mass is 16.4. The second-order valence-corrected chi connectivity index (χ2v) is 3.69. The number of hydrogen-bond acceptors (Lipinski definition) is 4. The van der Waals surface area contributed by atoms with Crippen LogP contribution in [0.3, 0.4) is 0 Å². The van der Waals surface area contributed by atoms with E-state index in [1.807, 2.05) is 0 Å². The van der Waals surface area contributed by atoms with Gasteiger partial charge in [-0.25, -0.2) is 4.79 Å². The van der Waals surface area contributed by atoms with Crippen molar-refractivity contribution in [2.45, 2.75) is 6.92 Å². The van der Waals surface area contributed by atoms with Gasteiger partial charge in [-0.05, 0) is 25.1 Å². The number of aromatic nitrogens is 2. The molecule has 2 aromatic rings. The van der Waals surface area contributed by atoms with Gasteiger partial charge < -0.3 is 10.3 Å². The third-order valence-corrected chi connectivity index (χ3v) is 2.59. The monoisotopic (exact) mass is 233 g/mol. The highest BCUT2D eigenvalue weighted by Crippen LogP contribution is 2.20. The molecule has 2 rings (SSSR count). The Labute approximate surface area is 96.8 Å². The van der Waals surface area contributed by atoms with Crippen LogP contribution in [0, 0.1) is 0 Å². The first-order chi connectivity index (χ1) is 8.04. The lowest BCUT2D eigenvalue weighted by atomic mass is 10.1. The quantitative estimate of drug-likeness (QED) is 0.467. The highest BCUT2D eigenvalue weighted by molar-refractivity contribution is 6.08. The van der Waals surface area contributed by atoms with E-state index in [9.17, 15) is 4.79 Å². The minimum absolute atomic E-state index is 0.200. The van der Waals surface area contributed by atoms with Gasteiger partial charge in [-0.3, -0.25) is 4.68 Å². The number of aromatic carboxylic acids is 1. The number of carbonyl (C=O) groups is 1. The predicted molar refractivity (Wildman–Crippen MR) is 61.7 cm³/mol. The van der Waals surface area contributed by atoms with E-state index >= 15 is 0 Å². The normalized spacial score (nSPS) is 12.0. The maximum absolute atomic E-state index is 10.9. The summed E-state index contributed by atoms with van der Waals surface area (Å²) < 4.78 is 1.56. The first kappa shape index (κ1) is 11.1. The molecule has 1 aromatic heterocycles. The largest absolute Gasteiger partial charge is 0.478 e. The van der Waals surface area contributed by atoms with Crippen molar-refractivity contribution in [3.63, 3.8) is 0 Å². The molecule has 0 bridgehead atoms. The summed E-state index contributed by atoms with van der Waals surface area (Å²) in [5.74, 6) is -0.984. The number of carboxylic acid groups (broad SMARTS) is 1. The number of hydrogen-bond donors (Lipinski definition) is 2. The molecule has 1 aromatic carbocycles. The number of oxime groups is 1. The summed E-state index contributed by atoms with van der Waals surface area (Å²) in [6.45, 7) is 1.63. The molecule has 0 aliphatic carbocycles. The average molecular weight is 233 g/mol. The molecular weight excluding hydrogens is 222 g/mol. The fraction of sp³-hybridized carbons (Fsp3) is 0.182. The van der Waals surface area contributed by atoms with Gasteiger partial charge >= 0.3 is 5.97 Å². The first-order valence-electron chi connectivity index (χ1n) is 4.93. The summed E-state index contributed by atoms with van der Waals surface area (Å²) in [5, 5.41) is 25.7. The van der Waals surface area contributed by atoms with Crippen LogP contribution in [0.1, 0.15) is 23.0 Å². The van der Waals surface area contributed by atoms with E-state index in [1.165, 1.54) is 6.07 Å². The molecule has 6 heteroatoms. The van der Waals surface area contributed by atoms with E-state index in [4.69, 9.17) is 10.3 Å². The van der Waals surface area contributed by atoms with Crippen LogP contribution in [0.2, 0.25) is 0 Å². The van der Waals surface area contributed by atoms with Crippen molar-refractivity contribution in [1.29, 1.82) is 0 Å². The standard InChI is InChI=1S/C11H11N3O3/c1-6(13-17)10-8-4-3-7(11(15)16)5-9(8)14(2)12-10/h3-5,17H,1-2H3,(H,15,16)/b13-6-. The van der Waals surface area contributed by atoms with E-state index < -0.39 is 5.97 Å². The maximum atomic E-state index is 10.9. The molecule has 1 heterocycles. The van der Waals surface area contributed by atoms with Gasteiger partial charge in [-0.1, -0.05) is 5.16 Å². The van der Waals surface area contributed by atoms with E-state index in [2.05, 4.69) is 10.3 Å². The van der Waals surface area contributed by atoms with Crippen molar-refractivity contribution in [3.05, 3.63) is 29.5 Å². The molecule has 6 nitrogen and oxygen atoms in total. The molecule has 0 atom stereocenters. The third kappa shape index (κ3) is 1.73. The molecule has 0 saturated heterocycles. The van der Waals surface area contributed by atoms with E-state index in [1.54, 1.807) is 30.8 Å². The second-order valence-electron chi connectivity index (χ2n) is 3.69. The van der Waals surface area contributed by atoms with Gasteiger partial charge in [-0.15, -0.1) is 0 Å². The molecule has 0 amide bonds. The number of benzene rings is 1. The Bertz CT molecular complexity index is 628. The lowest BCUT2D eigenvalue weighted by Gasteiger charge is -1.97. The van der Waals surface area contributed by atoms with Crippen LogP contribution in [-0.4, -0.2) is 31.8 Å². The second kappa shape index (κ2) is 3.89. The summed E-state index contributed by atoms with van der Waals surface area (Å²) in [7, 11) is 1.71. The van der Waals surface area contributed by atoms with Crippen molar-refractivity contribution in [2.24, 2.45) is 12.2 Å². The summed E-state index contributed by atoms with van der Waals surface area (Å²) in [6.07, 6.45) is 0. The Morgan fingerprint density at radius 2 is 2.18 bits per heavy atom. The van der Waals surface area contributed by atoms with E-state index in [0.717, 1.165) is 5.39 Å². The number of rotatable bonds is 2. The molecular formula is C11H11N3O3. The summed E-state index contributed by atoms with van der Waals surface area (Å²) in [5.41, 5.74) is 1.81. The van der Waals surface area contributed by atoms with Gasteiger partial charge in [0.2, 0.25) is 0 Å².